The first-order valence-corrected chi connectivity index (χ1v) is 12.5. The zero-order valence-electron chi connectivity index (χ0n) is 19.7. The molecular weight excluding hydrogens is 469 g/mol. The van der Waals surface area contributed by atoms with E-state index in [0.717, 1.165) is 15.2 Å². The van der Waals surface area contributed by atoms with Gasteiger partial charge in [0.2, 0.25) is 10.0 Å². The Morgan fingerprint density at radius 1 is 1.03 bits per heavy atom. The first kappa shape index (κ1) is 24.4. The molecule has 0 unspecified atom stereocenters. The molecule has 7 nitrogen and oxygen atoms in total. The molecule has 0 radical (unpaired) electrons. The van der Waals surface area contributed by atoms with Gasteiger partial charge in [-0.2, -0.15) is 0 Å². The highest BCUT2D eigenvalue weighted by Gasteiger charge is 2.24. The van der Waals surface area contributed by atoms with Crippen LogP contribution in [0.15, 0.2) is 77.7 Å². The molecule has 0 spiro atoms. The maximum absolute atomic E-state index is 14.4. The molecule has 1 heterocycles. The van der Waals surface area contributed by atoms with E-state index in [2.05, 4.69) is 5.32 Å². The average molecular weight is 496 g/mol. The number of halogens is 1. The fourth-order valence-electron chi connectivity index (χ4n) is 3.82. The standard InChI is InChI=1S/C26H26FN3O4S/c1-4-34-24-14-13-20(16-25(24)35(32,33)29(2)3)28-26(31)23-15-18-9-6-8-12-22(18)30(23)17-19-10-5-7-11-21(19)27/h5-16H,4,17H2,1-3H3,(H,28,31). The average Bonchev–Trinajstić information content (AvgIpc) is 3.20. The van der Waals surface area contributed by atoms with Gasteiger partial charge in [0.1, 0.15) is 22.2 Å². The van der Waals surface area contributed by atoms with Crippen LogP contribution in [-0.2, 0) is 16.6 Å². The van der Waals surface area contributed by atoms with Gasteiger partial charge >= 0.3 is 0 Å². The zero-order valence-corrected chi connectivity index (χ0v) is 20.5. The van der Waals surface area contributed by atoms with Crippen molar-refractivity contribution in [2.24, 2.45) is 0 Å². The molecule has 9 heteroatoms. The lowest BCUT2D eigenvalue weighted by Gasteiger charge is -2.17. The van der Waals surface area contributed by atoms with Crippen LogP contribution >= 0.6 is 0 Å². The number of hydrogen-bond acceptors (Lipinski definition) is 4. The number of ether oxygens (including phenoxy) is 1. The molecule has 4 rings (SSSR count). The summed E-state index contributed by atoms with van der Waals surface area (Å²) in [7, 11) is -0.961. The molecule has 35 heavy (non-hydrogen) atoms. The smallest absolute Gasteiger partial charge is 0.272 e. The second-order valence-electron chi connectivity index (χ2n) is 8.10. The van der Waals surface area contributed by atoms with Crippen LogP contribution in [0.1, 0.15) is 23.0 Å². The van der Waals surface area contributed by atoms with Crippen molar-refractivity contribution in [2.75, 3.05) is 26.0 Å². The third kappa shape index (κ3) is 4.91. The number of nitrogens with one attached hydrogen (secondary N) is 1. The number of para-hydroxylation sites is 1. The number of amides is 1. The summed E-state index contributed by atoms with van der Waals surface area (Å²) in [5.41, 5.74) is 1.84. The van der Waals surface area contributed by atoms with Crippen molar-refractivity contribution in [3.05, 3.63) is 89.9 Å². The van der Waals surface area contributed by atoms with Crippen molar-refractivity contribution in [3.8, 4) is 5.75 Å². The number of carbonyl (C=O) groups excluding carboxylic acids is 1. The summed E-state index contributed by atoms with van der Waals surface area (Å²) in [6, 6.07) is 20.1. The largest absolute Gasteiger partial charge is 0.492 e. The van der Waals surface area contributed by atoms with Crippen LogP contribution in [-0.4, -0.2) is 43.9 Å². The summed E-state index contributed by atoms with van der Waals surface area (Å²) < 4.78 is 48.4. The van der Waals surface area contributed by atoms with Crippen molar-refractivity contribution in [3.63, 3.8) is 0 Å². The van der Waals surface area contributed by atoms with Crippen LogP contribution in [0.25, 0.3) is 10.9 Å². The summed E-state index contributed by atoms with van der Waals surface area (Å²) >= 11 is 0. The van der Waals surface area contributed by atoms with Crippen molar-refractivity contribution < 1.29 is 22.3 Å². The van der Waals surface area contributed by atoms with Crippen LogP contribution in [0.4, 0.5) is 10.1 Å². The predicted octanol–water partition coefficient (Wildman–Crippen LogP) is 4.73. The lowest BCUT2D eigenvalue weighted by atomic mass is 10.2. The van der Waals surface area contributed by atoms with E-state index in [-0.39, 0.29) is 29.6 Å². The van der Waals surface area contributed by atoms with E-state index >= 15 is 0 Å². The van der Waals surface area contributed by atoms with Gasteiger partial charge < -0.3 is 14.6 Å². The Kier molecular flexibility index (Phi) is 6.90. The van der Waals surface area contributed by atoms with Crippen molar-refractivity contribution >= 4 is 32.5 Å². The molecular formula is C26H26FN3O4S. The van der Waals surface area contributed by atoms with Crippen LogP contribution < -0.4 is 10.1 Å². The quantitative estimate of drug-likeness (QED) is 0.383. The van der Waals surface area contributed by atoms with E-state index in [4.69, 9.17) is 4.74 Å². The maximum Gasteiger partial charge on any atom is 0.272 e. The van der Waals surface area contributed by atoms with E-state index in [0.29, 0.717) is 16.9 Å². The lowest BCUT2D eigenvalue weighted by Crippen LogP contribution is -2.23. The highest BCUT2D eigenvalue weighted by Crippen LogP contribution is 2.30. The molecule has 1 amide bonds. The van der Waals surface area contributed by atoms with E-state index in [9.17, 15) is 17.6 Å². The Hall–Kier alpha value is -3.69. The molecule has 0 bridgehead atoms. The van der Waals surface area contributed by atoms with Crippen LogP contribution in [0.2, 0.25) is 0 Å². The second-order valence-corrected chi connectivity index (χ2v) is 10.2. The van der Waals surface area contributed by atoms with Crippen molar-refractivity contribution in [1.82, 2.24) is 8.87 Å². The number of nitrogens with zero attached hydrogens (tertiary/aromatic N) is 2. The number of rotatable bonds is 8. The molecule has 0 saturated heterocycles. The molecule has 1 N–H and O–H groups in total. The van der Waals surface area contributed by atoms with Crippen LogP contribution in [0.5, 0.6) is 5.75 Å². The first-order chi connectivity index (χ1) is 16.7. The third-order valence-corrected chi connectivity index (χ3v) is 7.43. The minimum atomic E-state index is -3.82. The van der Waals surface area contributed by atoms with Crippen molar-refractivity contribution in [1.29, 1.82) is 0 Å². The number of anilines is 1. The predicted molar refractivity (Wildman–Crippen MR) is 134 cm³/mol. The first-order valence-electron chi connectivity index (χ1n) is 11.0. The molecule has 182 valence electrons. The molecule has 4 aromatic rings. The number of benzene rings is 3. The molecule has 1 aromatic heterocycles. The Morgan fingerprint density at radius 3 is 2.46 bits per heavy atom. The van der Waals surface area contributed by atoms with Gasteiger partial charge in [0.25, 0.3) is 5.91 Å². The number of carbonyl (C=O) groups is 1. The summed E-state index contributed by atoms with van der Waals surface area (Å²) in [5.74, 6) is -0.607. The molecule has 3 aromatic carbocycles. The van der Waals surface area contributed by atoms with Crippen LogP contribution in [0.3, 0.4) is 0 Å². The number of fused-ring (bicyclic) bond motifs is 1. The van der Waals surface area contributed by atoms with Gasteiger partial charge in [0.05, 0.1) is 13.2 Å². The highest BCUT2D eigenvalue weighted by molar-refractivity contribution is 7.89. The number of aromatic nitrogens is 1. The van der Waals surface area contributed by atoms with Gasteiger partial charge in [0, 0.05) is 36.2 Å². The Labute approximate surface area is 203 Å². The fourth-order valence-corrected chi connectivity index (χ4v) is 4.87. The Morgan fingerprint density at radius 2 is 1.74 bits per heavy atom. The van der Waals surface area contributed by atoms with E-state index in [1.807, 2.05) is 24.3 Å². The van der Waals surface area contributed by atoms with Gasteiger partial charge in [-0.3, -0.25) is 4.79 Å². The van der Waals surface area contributed by atoms with Crippen molar-refractivity contribution in [2.45, 2.75) is 18.4 Å². The molecule has 0 aliphatic heterocycles. The topological polar surface area (TPSA) is 80.6 Å². The number of sulfonamides is 1. The van der Waals surface area contributed by atoms with E-state index in [1.54, 1.807) is 41.8 Å². The lowest BCUT2D eigenvalue weighted by molar-refractivity contribution is 0.101. The summed E-state index contributed by atoms with van der Waals surface area (Å²) in [4.78, 5) is 13.3. The van der Waals surface area contributed by atoms with Gasteiger partial charge in [-0.15, -0.1) is 0 Å². The second kappa shape index (κ2) is 9.89. The number of hydrogen-bond donors (Lipinski definition) is 1. The monoisotopic (exact) mass is 495 g/mol. The Balaban J connectivity index is 1.74. The highest BCUT2D eigenvalue weighted by atomic mass is 32.2. The normalized spacial score (nSPS) is 11.7. The fraction of sp³-hybridized carbons (Fsp3) is 0.192. The van der Waals surface area contributed by atoms with Crippen LogP contribution in [0, 0.1) is 5.82 Å². The molecule has 0 aliphatic rings. The van der Waals surface area contributed by atoms with Gasteiger partial charge in [-0.25, -0.2) is 17.1 Å². The van der Waals surface area contributed by atoms with E-state index in [1.165, 1.54) is 32.3 Å². The van der Waals surface area contributed by atoms with Gasteiger partial charge in [-0.05, 0) is 43.3 Å². The summed E-state index contributed by atoms with van der Waals surface area (Å²) in [6.07, 6.45) is 0. The van der Waals surface area contributed by atoms with Gasteiger partial charge in [0.15, 0.2) is 0 Å². The van der Waals surface area contributed by atoms with Gasteiger partial charge in [-0.1, -0.05) is 36.4 Å². The minimum absolute atomic E-state index is 0.0472. The molecule has 0 fully saturated rings. The SMILES string of the molecule is CCOc1ccc(NC(=O)c2cc3ccccc3n2Cc2ccccc2F)cc1S(=O)(=O)N(C)C. The molecule has 0 aliphatic carbocycles. The van der Waals surface area contributed by atoms with E-state index < -0.39 is 15.9 Å². The summed E-state index contributed by atoms with van der Waals surface area (Å²) in [5, 5.41) is 3.62. The summed E-state index contributed by atoms with van der Waals surface area (Å²) in [6.45, 7) is 2.21. The molecule has 0 saturated carbocycles. The Bertz CT molecular complexity index is 1500. The minimum Gasteiger partial charge on any atom is -0.492 e. The zero-order chi connectivity index (χ0) is 25.2. The maximum atomic E-state index is 14.4. The third-order valence-electron chi connectivity index (χ3n) is 5.59. The molecule has 0 atom stereocenters.